The van der Waals surface area contributed by atoms with Gasteiger partial charge in [0.1, 0.15) is 0 Å². The molecule has 0 aliphatic heterocycles. The van der Waals surface area contributed by atoms with Crippen LogP contribution in [0.5, 0.6) is 0 Å². The molecule has 0 fully saturated rings. The van der Waals surface area contributed by atoms with Gasteiger partial charge in [0.05, 0.1) is 26.4 Å². The quantitative estimate of drug-likeness (QED) is 0.448. The molecule has 80 valence electrons. The first-order valence-corrected chi connectivity index (χ1v) is 6.78. The summed E-state index contributed by atoms with van der Waals surface area (Å²) in [5.41, 5.74) is 0. The van der Waals surface area contributed by atoms with Crippen molar-refractivity contribution in [2.45, 2.75) is 0 Å². The third kappa shape index (κ3) is 13.0. The van der Waals surface area contributed by atoms with Gasteiger partial charge in [-0.25, -0.2) is 0 Å². The Balaban J connectivity index is 2.76. The zero-order chi connectivity index (χ0) is 9.78. The Labute approximate surface area is 96.0 Å². The molecule has 0 aromatic carbocycles. The fourth-order valence-electron chi connectivity index (χ4n) is 0.671. The molecule has 0 N–H and O–H groups in total. The fraction of sp³-hybridized carbons (Fsp3) is 1.00. The molecule has 0 saturated heterocycles. The van der Waals surface area contributed by atoms with Gasteiger partial charge in [-0.05, 0) is 5.75 Å². The first kappa shape index (κ1) is 14.0. The van der Waals surface area contributed by atoms with Gasteiger partial charge in [0.25, 0.3) is 0 Å². The summed E-state index contributed by atoms with van der Waals surface area (Å²) in [6.45, 7) is 2.89. The molecule has 0 bridgehead atoms. The maximum atomic E-state index is 5.33. The summed E-state index contributed by atoms with van der Waals surface area (Å²) in [6.07, 6.45) is 0. The van der Waals surface area contributed by atoms with Crippen LogP contribution in [0.4, 0.5) is 0 Å². The van der Waals surface area contributed by atoms with Crippen molar-refractivity contribution in [2.75, 3.05) is 49.4 Å². The number of ether oxygens (including phenoxy) is 2. The van der Waals surface area contributed by atoms with E-state index < -0.39 is 0 Å². The van der Waals surface area contributed by atoms with Crippen LogP contribution in [0.3, 0.4) is 0 Å². The lowest BCUT2D eigenvalue weighted by molar-refractivity contribution is 0.0606. The maximum Gasteiger partial charge on any atom is 0.0700 e. The van der Waals surface area contributed by atoms with Crippen molar-refractivity contribution < 1.29 is 9.47 Å². The molecule has 0 aliphatic rings. The second-order valence-electron chi connectivity index (χ2n) is 2.28. The maximum absolute atomic E-state index is 5.33. The Hall–Kier alpha value is 0.970. The second-order valence-corrected chi connectivity index (χ2v) is 4.40. The summed E-state index contributed by atoms with van der Waals surface area (Å²) < 4.78 is 10.5. The van der Waals surface area contributed by atoms with Crippen molar-refractivity contribution in [3.05, 3.63) is 0 Å². The molecule has 2 nitrogen and oxygen atoms in total. The van der Waals surface area contributed by atoms with Gasteiger partial charge < -0.3 is 9.47 Å². The first-order valence-electron chi connectivity index (χ1n) is 4.36. The van der Waals surface area contributed by atoms with Crippen LogP contribution in [-0.4, -0.2) is 49.4 Å². The topological polar surface area (TPSA) is 18.5 Å². The molecular formula is C8H18O2S3. The zero-order valence-electron chi connectivity index (χ0n) is 7.78. The summed E-state index contributed by atoms with van der Waals surface area (Å²) in [6, 6.07) is 0. The van der Waals surface area contributed by atoms with Crippen molar-refractivity contribution in [1.29, 1.82) is 0 Å². The van der Waals surface area contributed by atoms with Crippen LogP contribution in [0.1, 0.15) is 0 Å². The van der Waals surface area contributed by atoms with E-state index in [0.717, 1.165) is 29.6 Å². The summed E-state index contributed by atoms with van der Waals surface area (Å²) in [5, 5.41) is 0. The summed E-state index contributed by atoms with van der Waals surface area (Å²) in [7, 11) is 0. The highest BCUT2D eigenvalue weighted by atomic mass is 32.2. The van der Waals surface area contributed by atoms with E-state index in [1.54, 1.807) is 0 Å². The molecule has 0 unspecified atom stereocenters. The van der Waals surface area contributed by atoms with Crippen LogP contribution in [0, 0.1) is 0 Å². The van der Waals surface area contributed by atoms with Crippen molar-refractivity contribution in [2.24, 2.45) is 0 Å². The van der Waals surface area contributed by atoms with Crippen LogP contribution in [0.2, 0.25) is 0 Å². The molecule has 0 amide bonds. The predicted molar refractivity (Wildman–Crippen MR) is 66.7 cm³/mol. The largest absolute Gasteiger partial charge is 0.378 e. The van der Waals surface area contributed by atoms with Crippen LogP contribution in [0.15, 0.2) is 0 Å². The standard InChI is InChI=1S/C8H18O2S3/c11-5-3-9-1-2-10-4-7-13-8-6-12/h11-12H,1-8H2. The lowest BCUT2D eigenvalue weighted by Crippen LogP contribution is -2.07. The molecular weight excluding hydrogens is 224 g/mol. The highest BCUT2D eigenvalue weighted by molar-refractivity contribution is 8.00. The van der Waals surface area contributed by atoms with Crippen molar-refractivity contribution in [3.63, 3.8) is 0 Å². The van der Waals surface area contributed by atoms with E-state index >= 15 is 0 Å². The highest BCUT2D eigenvalue weighted by Crippen LogP contribution is 1.99. The highest BCUT2D eigenvalue weighted by Gasteiger charge is 1.90. The van der Waals surface area contributed by atoms with Crippen molar-refractivity contribution >= 4 is 37.0 Å². The van der Waals surface area contributed by atoms with Gasteiger partial charge in [-0.1, -0.05) is 0 Å². The third-order valence-electron chi connectivity index (χ3n) is 1.22. The zero-order valence-corrected chi connectivity index (χ0v) is 10.4. The number of hydrogen-bond acceptors (Lipinski definition) is 5. The average molecular weight is 242 g/mol. The van der Waals surface area contributed by atoms with Gasteiger partial charge in [0.2, 0.25) is 0 Å². The van der Waals surface area contributed by atoms with Crippen LogP contribution < -0.4 is 0 Å². The van der Waals surface area contributed by atoms with Gasteiger partial charge >= 0.3 is 0 Å². The molecule has 0 saturated carbocycles. The predicted octanol–water partition coefficient (Wildman–Crippen LogP) is 1.61. The third-order valence-corrected chi connectivity index (χ3v) is 2.87. The number of thiol groups is 2. The second kappa shape index (κ2) is 13.0. The number of hydrogen-bond donors (Lipinski definition) is 2. The Bertz CT molecular complexity index is 83.5. The minimum absolute atomic E-state index is 0.678. The van der Waals surface area contributed by atoms with E-state index in [-0.39, 0.29) is 0 Å². The molecule has 0 aliphatic carbocycles. The van der Waals surface area contributed by atoms with E-state index in [9.17, 15) is 0 Å². The summed E-state index contributed by atoms with van der Waals surface area (Å²) in [5.74, 6) is 3.86. The van der Waals surface area contributed by atoms with E-state index in [2.05, 4.69) is 25.3 Å². The number of thioether (sulfide) groups is 1. The normalized spacial score (nSPS) is 10.6. The molecule has 0 aromatic heterocycles. The smallest absolute Gasteiger partial charge is 0.0700 e. The Kier molecular flexibility index (Phi) is 13.9. The van der Waals surface area contributed by atoms with Crippen LogP contribution in [0.25, 0.3) is 0 Å². The first-order chi connectivity index (χ1) is 6.41. The van der Waals surface area contributed by atoms with Gasteiger partial charge in [0, 0.05) is 17.3 Å². The Morgan fingerprint density at radius 2 is 1.46 bits per heavy atom. The summed E-state index contributed by atoms with van der Waals surface area (Å²) >= 11 is 10.0. The van der Waals surface area contributed by atoms with Gasteiger partial charge in [0.15, 0.2) is 0 Å². The molecule has 5 heteroatoms. The van der Waals surface area contributed by atoms with Crippen molar-refractivity contribution in [3.8, 4) is 0 Å². The molecule has 0 atom stereocenters. The number of rotatable bonds is 10. The molecule has 0 radical (unpaired) electrons. The van der Waals surface area contributed by atoms with Crippen LogP contribution in [-0.2, 0) is 9.47 Å². The minimum atomic E-state index is 0.678. The Morgan fingerprint density at radius 1 is 0.769 bits per heavy atom. The lowest BCUT2D eigenvalue weighted by atomic mass is 10.7. The minimum Gasteiger partial charge on any atom is -0.378 e. The van der Waals surface area contributed by atoms with E-state index in [4.69, 9.17) is 9.47 Å². The van der Waals surface area contributed by atoms with E-state index in [1.165, 1.54) is 0 Å². The molecule has 13 heavy (non-hydrogen) atoms. The van der Waals surface area contributed by atoms with Crippen molar-refractivity contribution in [1.82, 2.24) is 0 Å². The lowest BCUT2D eigenvalue weighted by Gasteiger charge is -2.04. The molecule has 0 spiro atoms. The molecule has 0 aromatic rings. The monoisotopic (exact) mass is 242 g/mol. The SMILES string of the molecule is SCCOCCOCCSCCS. The molecule has 0 rings (SSSR count). The van der Waals surface area contributed by atoms with Gasteiger partial charge in [-0.3, -0.25) is 0 Å². The molecule has 0 heterocycles. The Morgan fingerprint density at radius 3 is 2.08 bits per heavy atom. The van der Waals surface area contributed by atoms with Crippen LogP contribution >= 0.6 is 37.0 Å². The fourth-order valence-corrected chi connectivity index (χ4v) is 1.76. The summed E-state index contributed by atoms with van der Waals surface area (Å²) in [4.78, 5) is 0. The average Bonchev–Trinajstić information content (AvgIpc) is 2.16. The van der Waals surface area contributed by atoms with E-state index in [0.29, 0.717) is 19.8 Å². The van der Waals surface area contributed by atoms with Gasteiger partial charge in [-0.2, -0.15) is 37.0 Å². The van der Waals surface area contributed by atoms with E-state index in [1.807, 2.05) is 11.8 Å². The van der Waals surface area contributed by atoms with Gasteiger partial charge in [-0.15, -0.1) is 0 Å².